The highest BCUT2D eigenvalue weighted by Gasteiger charge is 2.12. The van der Waals surface area contributed by atoms with E-state index in [1.807, 2.05) is 6.92 Å². The summed E-state index contributed by atoms with van der Waals surface area (Å²) >= 11 is 9.16. The number of halogens is 2. The van der Waals surface area contributed by atoms with E-state index in [1.165, 1.54) is 0 Å². The van der Waals surface area contributed by atoms with Crippen LogP contribution in [-0.2, 0) is 4.74 Å². The lowest BCUT2D eigenvalue weighted by Gasteiger charge is -2.05. The van der Waals surface area contributed by atoms with Crippen molar-refractivity contribution in [3.05, 3.63) is 33.3 Å². The lowest BCUT2D eigenvalue weighted by Crippen LogP contribution is -2.06. The third-order valence-electron chi connectivity index (χ3n) is 1.61. The molecule has 0 aliphatic rings. The summed E-state index contributed by atoms with van der Waals surface area (Å²) in [6.45, 7) is 2.36. The second-order valence-corrected chi connectivity index (χ2v) is 3.97. The van der Waals surface area contributed by atoms with E-state index < -0.39 is 0 Å². The molecule has 0 N–H and O–H groups in total. The predicted octanol–water partition coefficient (Wildman–Crippen LogP) is 3.67. The molecule has 0 heterocycles. The fraction of sp³-hybridized carbons (Fsp3) is 0.300. The number of benzene rings is 1. The third-order valence-corrected chi connectivity index (χ3v) is 2.91. The first-order valence-corrected chi connectivity index (χ1v) is 5.45. The van der Waals surface area contributed by atoms with Crippen LogP contribution in [0.15, 0.2) is 22.7 Å². The molecular formula is C10H10BrClO2. The number of rotatable bonds is 3. The van der Waals surface area contributed by atoms with Crippen LogP contribution < -0.4 is 0 Å². The Morgan fingerprint density at radius 2 is 2.29 bits per heavy atom. The van der Waals surface area contributed by atoms with E-state index in [9.17, 15) is 4.79 Å². The van der Waals surface area contributed by atoms with Gasteiger partial charge in [-0.15, -0.1) is 0 Å². The number of hydrogen-bond acceptors (Lipinski definition) is 2. The highest BCUT2D eigenvalue weighted by Crippen LogP contribution is 2.26. The topological polar surface area (TPSA) is 26.3 Å². The average Bonchev–Trinajstić information content (AvgIpc) is 2.18. The zero-order chi connectivity index (χ0) is 10.6. The van der Waals surface area contributed by atoms with E-state index in [2.05, 4.69) is 15.9 Å². The van der Waals surface area contributed by atoms with Gasteiger partial charge in [-0.2, -0.15) is 0 Å². The standard InChI is InChI=1S/C10H10BrClO2/c1-2-6-14-10(13)7-4-3-5-8(11)9(7)12/h3-5H,2,6H2,1H3. The monoisotopic (exact) mass is 276 g/mol. The molecule has 0 saturated heterocycles. The normalized spacial score (nSPS) is 9.93. The van der Waals surface area contributed by atoms with Crippen LogP contribution in [0.3, 0.4) is 0 Å². The van der Waals surface area contributed by atoms with Gasteiger partial charge in [0, 0.05) is 4.47 Å². The molecule has 0 spiro atoms. The maximum Gasteiger partial charge on any atom is 0.339 e. The van der Waals surface area contributed by atoms with Crippen LogP contribution in [0.2, 0.25) is 5.02 Å². The zero-order valence-electron chi connectivity index (χ0n) is 7.72. The maximum absolute atomic E-state index is 11.4. The van der Waals surface area contributed by atoms with Gasteiger partial charge >= 0.3 is 5.97 Å². The number of ether oxygens (including phenoxy) is 1. The van der Waals surface area contributed by atoms with Gasteiger partial charge < -0.3 is 4.74 Å². The molecule has 0 aromatic heterocycles. The summed E-state index contributed by atoms with van der Waals surface area (Å²) in [7, 11) is 0. The van der Waals surface area contributed by atoms with Gasteiger partial charge in [0.2, 0.25) is 0 Å². The summed E-state index contributed by atoms with van der Waals surface area (Å²) in [6.07, 6.45) is 0.803. The van der Waals surface area contributed by atoms with Gasteiger partial charge in [-0.25, -0.2) is 4.79 Å². The van der Waals surface area contributed by atoms with Crippen LogP contribution in [-0.4, -0.2) is 12.6 Å². The molecular weight excluding hydrogens is 267 g/mol. The Morgan fingerprint density at radius 1 is 1.57 bits per heavy atom. The van der Waals surface area contributed by atoms with Crippen molar-refractivity contribution in [2.24, 2.45) is 0 Å². The molecule has 0 aliphatic carbocycles. The highest BCUT2D eigenvalue weighted by molar-refractivity contribution is 9.10. The van der Waals surface area contributed by atoms with Gasteiger partial charge in [-0.05, 0) is 34.5 Å². The number of esters is 1. The summed E-state index contributed by atoms with van der Waals surface area (Å²) in [5.41, 5.74) is 0.398. The smallest absolute Gasteiger partial charge is 0.339 e. The SMILES string of the molecule is CCCOC(=O)c1cccc(Br)c1Cl. The lowest BCUT2D eigenvalue weighted by molar-refractivity contribution is 0.0505. The van der Waals surface area contributed by atoms with Gasteiger partial charge in [-0.3, -0.25) is 0 Å². The van der Waals surface area contributed by atoms with Crippen molar-refractivity contribution < 1.29 is 9.53 Å². The number of hydrogen-bond donors (Lipinski definition) is 0. The molecule has 0 saturated carbocycles. The molecule has 2 nitrogen and oxygen atoms in total. The molecule has 0 radical (unpaired) electrons. The van der Waals surface area contributed by atoms with Gasteiger partial charge in [0.15, 0.2) is 0 Å². The summed E-state index contributed by atoms with van der Waals surface area (Å²) in [4.78, 5) is 11.4. The van der Waals surface area contributed by atoms with Crippen molar-refractivity contribution in [1.29, 1.82) is 0 Å². The van der Waals surface area contributed by atoms with Crippen molar-refractivity contribution in [3.63, 3.8) is 0 Å². The van der Waals surface area contributed by atoms with Gasteiger partial charge in [0.1, 0.15) is 0 Å². The van der Waals surface area contributed by atoms with E-state index in [0.29, 0.717) is 21.7 Å². The lowest BCUT2D eigenvalue weighted by atomic mass is 10.2. The Bertz CT molecular complexity index is 339. The second-order valence-electron chi connectivity index (χ2n) is 2.74. The fourth-order valence-electron chi connectivity index (χ4n) is 0.934. The Labute approximate surface area is 96.3 Å². The first-order chi connectivity index (χ1) is 6.66. The molecule has 0 aliphatic heterocycles. The van der Waals surface area contributed by atoms with E-state index >= 15 is 0 Å². The Morgan fingerprint density at radius 3 is 2.93 bits per heavy atom. The fourth-order valence-corrected chi connectivity index (χ4v) is 1.50. The largest absolute Gasteiger partial charge is 0.462 e. The molecule has 1 aromatic carbocycles. The van der Waals surface area contributed by atoms with Gasteiger partial charge in [-0.1, -0.05) is 24.6 Å². The maximum atomic E-state index is 11.4. The molecule has 0 fully saturated rings. The quantitative estimate of drug-likeness (QED) is 0.788. The predicted molar refractivity (Wildman–Crippen MR) is 59.7 cm³/mol. The molecule has 0 amide bonds. The van der Waals surface area contributed by atoms with Crippen molar-refractivity contribution in [2.45, 2.75) is 13.3 Å². The van der Waals surface area contributed by atoms with Crippen molar-refractivity contribution in [1.82, 2.24) is 0 Å². The zero-order valence-corrected chi connectivity index (χ0v) is 10.1. The van der Waals surface area contributed by atoms with Crippen LogP contribution in [0, 0.1) is 0 Å². The summed E-state index contributed by atoms with van der Waals surface area (Å²) in [6, 6.07) is 5.17. The minimum atomic E-state index is -0.377. The van der Waals surface area contributed by atoms with Crippen LogP contribution >= 0.6 is 27.5 Å². The van der Waals surface area contributed by atoms with Crippen LogP contribution in [0.5, 0.6) is 0 Å². The van der Waals surface area contributed by atoms with E-state index in [4.69, 9.17) is 16.3 Å². The molecule has 1 rings (SSSR count). The van der Waals surface area contributed by atoms with E-state index in [0.717, 1.165) is 6.42 Å². The minimum Gasteiger partial charge on any atom is -0.462 e. The second kappa shape index (κ2) is 5.37. The van der Waals surface area contributed by atoms with Gasteiger partial charge in [0.25, 0.3) is 0 Å². The third kappa shape index (κ3) is 2.72. The molecule has 1 aromatic rings. The molecule has 4 heteroatoms. The van der Waals surface area contributed by atoms with E-state index in [-0.39, 0.29) is 5.97 Å². The Hall–Kier alpha value is -0.540. The van der Waals surface area contributed by atoms with Crippen molar-refractivity contribution >= 4 is 33.5 Å². The summed E-state index contributed by atoms with van der Waals surface area (Å²) in [5, 5.41) is 0.397. The van der Waals surface area contributed by atoms with Crippen molar-refractivity contribution in [3.8, 4) is 0 Å². The average molecular weight is 278 g/mol. The van der Waals surface area contributed by atoms with Gasteiger partial charge in [0.05, 0.1) is 17.2 Å². The first kappa shape index (κ1) is 11.5. The minimum absolute atomic E-state index is 0.377. The summed E-state index contributed by atoms with van der Waals surface area (Å²) < 4.78 is 5.67. The molecule has 14 heavy (non-hydrogen) atoms. The molecule has 0 bridgehead atoms. The Balaban J connectivity index is 2.84. The molecule has 0 atom stereocenters. The van der Waals surface area contributed by atoms with Crippen molar-refractivity contribution in [2.75, 3.05) is 6.61 Å². The van der Waals surface area contributed by atoms with E-state index in [1.54, 1.807) is 18.2 Å². The van der Waals surface area contributed by atoms with Crippen LogP contribution in [0.1, 0.15) is 23.7 Å². The highest BCUT2D eigenvalue weighted by atomic mass is 79.9. The molecule has 76 valence electrons. The molecule has 0 unspecified atom stereocenters. The first-order valence-electron chi connectivity index (χ1n) is 4.28. The number of carbonyl (C=O) groups excluding carboxylic acids is 1. The van der Waals surface area contributed by atoms with Crippen LogP contribution in [0.25, 0.3) is 0 Å². The van der Waals surface area contributed by atoms with Crippen LogP contribution in [0.4, 0.5) is 0 Å². The summed E-state index contributed by atoms with van der Waals surface area (Å²) in [5.74, 6) is -0.377. The number of carbonyl (C=O) groups is 1. The Kier molecular flexibility index (Phi) is 4.42.